The summed E-state index contributed by atoms with van der Waals surface area (Å²) in [5, 5.41) is 0. The highest BCUT2D eigenvalue weighted by atomic mass is 19.1. The molecule has 0 amide bonds. The number of benzene rings is 1. The summed E-state index contributed by atoms with van der Waals surface area (Å²) in [7, 11) is 3.24. The number of halogens is 1. The van der Waals surface area contributed by atoms with Gasteiger partial charge in [0.15, 0.2) is 11.5 Å². The zero-order valence-corrected chi connectivity index (χ0v) is 15.8. The minimum atomic E-state index is -0.101. The molecular formula is C21H28FNO2. The van der Waals surface area contributed by atoms with Crippen LogP contribution in [-0.4, -0.2) is 19.2 Å². The van der Waals surface area contributed by atoms with Crippen LogP contribution in [0.2, 0.25) is 0 Å². The molecule has 1 aromatic carbocycles. The Kier molecular flexibility index (Phi) is 6.80. The topological polar surface area (TPSA) is 31.4 Å². The van der Waals surface area contributed by atoms with Gasteiger partial charge in [0.05, 0.1) is 19.9 Å². The SMILES string of the molecule is COc1ccnc(CC(C)Cc2ccc(CC(C)C)c(F)c2)c1OC. The maximum Gasteiger partial charge on any atom is 0.182 e. The fourth-order valence-electron chi connectivity index (χ4n) is 3.12. The van der Waals surface area contributed by atoms with Crippen molar-refractivity contribution in [3.63, 3.8) is 0 Å². The van der Waals surface area contributed by atoms with E-state index in [-0.39, 0.29) is 5.82 Å². The summed E-state index contributed by atoms with van der Waals surface area (Å²) in [6.07, 6.45) is 4.03. The molecule has 4 heteroatoms. The number of hydrogen-bond acceptors (Lipinski definition) is 3. The van der Waals surface area contributed by atoms with Crippen molar-refractivity contribution < 1.29 is 13.9 Å². The molecule has 0 saturated heterocycles. The van der Waals surface area contributed by atoms with E-state index in [0.29, 0.717) is 23.3 Å². The Morgan fingerprint density at radius 2 is 1.76 bits per heavy atom. The van der Waals surface area contributed by atoms with Gasteiger partial charge in [0.25, 0.3) is 0 Å². The number of hydrogen-bond donors (Lipinski definition) is 0. The summed E-state index contributed by atoms with van der Waals surface area (Å²) in [4.78, 5) is 4.42. The molecule has 1 aromatic heterocycles. The van der Waals surface area contributed by atoms with Crippen molar-refractivity contribution in [3.05, 3.63) is 53.1 Å². The van der Waals surface area contributed by atoms with E-state index in [0.717, 1.165) is 36.1 Å². The van der Waals surface area contributed by atoms with Crippen LogP contribution in [-0.2, 0) is 19.3 Å². The Labute approximate surface area is 150 Å². The monoisotopic (exact) mass is 345 g/mol. The maximum absolute atomic E-state index is 14.3. The second-order valence-corrected chi connectivity index (χ2v) is 7.03. The summed E-state index contributed by atoms with van der Waals surface area (Å²) in [6, 6.07) is 7.41. The zero-order chi connectivity index (χ0) is 18.4. The van der Waals surface area contributed by atoms with Gasteiger partial charge in [-0.15, -0.1) is 0 Å². The molecule has 0 spiro atoms. The predicted octanol–water partition coefficient (Wildman–Crippen LogP) is 4.86. The van der Waals surface area contributed by atoms with Crippen molar-refractivity contribution in [2.24, 2.45) is 11.8 Å². The molecule has 0 radical (unpaired) electrons. The number of ether oxygens (including phenoxy) is 2. The molecule has 1 atom stereocenters. The zero-order valence-electron chi connectivity index (χ0n) is 15.8. The highest BCUT2D eigenvalue weighted by Gasteiger charge is 2.15. The molecule has 1 heterocycles. The molecule has 0 fully saturated rings. The first-order valence-corrected chi connectivity index (χ1v) is 8.77. The fourth-order valence-corrected chi connectivity index (χ4v) is 3.12. The van der Waals surface area contributed by atoms with E-state index >= 15 is 0 Å². The fraction of sp³-hybridized carbons (Fsp3) is 0.476. The molecular weight excluding hydrogens is 317 g/mol. The van der Waals surface area contributed by atoms with E-state index < -0.39 is 0 Å². The molecule has 2 rings (SSSR count). The van der Waals surface area contributed by atoms with E-state index in [1.807, 2.05) is 12.1 Å². The van der Waals surface area contributed by atoms with Gasteiger partial charge >= 0.3 is 0 Å². The van der Waals surface area contributed by atoms with Crippen molar-refractivity contribution in [1.29, 1.82) is 0 Å². The Morgan fingerprint density at radius 3 is 2.36 bits per heavy atom. The van der Waals surface area contributed by atoms with Gasteiger partial charge < -0.3 is 9.47 Å². The van der Waals surface area contributed by atoms with Crippen LogP contribution in [0, 0.1) is 17.7 Å². The molecule has 0 aliphatic heterocycles. The van der Waals surface area contributed by atoms with Gasteiger partial charge in [-0.3, -0.25) is 4.98 Å². The lowest BCUT2D eigenvalue weighted by molar-refractivity contribution is 0.347. The average Bonchev–Trinajstić information content (AvgIpc) is 2.56. The molecule has 136 valence electrons. The first-order valence-electron chi connectivity index (χ1n) is 8.77. The van der Waals surface area contributed by atoms with Crippen LogP contribution >= 0.6 is 0 Å². The Hall–Kier alpha value is -2.10. The van der Waals surface area contributed by atoms with Crippen molar-refractivity contribution in [2.45, 2.75) is 40.0 Å². The second kappa shape index (κ2) is 8.84. The molecule has 0 bridgehead atoms. The van der Waals surface area contributed by atoms with E-state index in [2.05, 4.69) is 25.8 Å². The van der Waals surface area contributed by atoms with Gasteiger partial charge in [-0.1, -0.05) is 32.9 Å². The quantitative estimate of drug-likeness (QED) is 0.685. The predicted molar refractivity (Wildman–Crippen MR) is 98.9 cm³/mol. The van der Waals surface area contributed by atoms with E-state index in [1.165, 1.54) is 0 Å². The normalized spacial score (nSPS) is 12.3. The van der Waals surface area contributed by atoms with Crippen molar-refractivity contribution in [1.82, 2.24) is 4.98 Å². The van der Waals surface area contributed by atoms with E-state index in [4.69, 9.17) is 9.47 Å². The van der Waals surface area contributed by atoms with Crippen LogP contribution in [0.3, 0.4) is 0 Å². The summed E-state index contributed by atoms with van der Waals surface area (Å²) in [5.41, 5.74) is 2.67. The summed E-state index contributed by atoms with van der Waals surface area (Å²) in [6.45, 7) is 6.34. The van der Waals surface area contributed by atoms with Crippen LogP contribution in [0.1, 0.15) is 37.6 Å². The summed E-state index contributed by atoms with van der Waals surface area (Å²) < 4.78 is 25.0. The second-order valence-electron chi connectivity index (χ2n) is 7.03. The number of pyridine rings is 1. The van der Waals surface area contributed by atoms with Gasteiger partial charge in [-0.25, -0.2) is 4.39 Å². The maximum atomic E-state index is 14.3. The lowest BCUT2D eigenvalue weighted by Crippen LogP contribution is -2.08. The Bertz CT molecular complexity index is 700. The molecule has 0 saturated carbocycles. The number of nitrogens with zero attached hydrogens (tertiary/aromatic N) is 1. The highest BCUT2D eigenvalue weighted by Crippen LogP contribution is 2.31. The van der Waals surface area contributed by atoms with Gasteiger partial charge in [-0.2, -0.15) is 0 Å². The number of aromatic nitrogens is 1. The highest BCUT2D eigenvalue weighted by molar-refractivity contribution is 5.42. The molecule has 3 nitrogen and oxygen atoms in total. The minimum absolute atomic E-state index is 0.101. The first-order chi connectivity index (χ1) is 11.9. The third-order valence-corrected chi connectivity index (χ3v) is 4.24. The molecule has 0 N–H and O–H groups in total. The minimum Gasteiger partial charge on any atom is -0.493 e. The molecule has 1 unspecified atom stereocenters. The Morgan fingerprint density at radius 1 is 1.00 bits per heavy atom. The van der Waals surface area contributed by atoms with Crippen LogP contribution in [0.15, 0.2) is 30.5 Å². The van der Waals surface area contributed by atoms with Gasteiger partial charge in [0, 0.05) is 12.3 Å². The summed E-state index contributed by atoms with van der Waals surface area (Å²) >= 11 is 0. The standard InChI is InChI=1S/C21H28FNO2/c1-14(2)10-17-7-6-16(13-18(17)22)11-15(3)12-19-21(25-5)20(24-4)8-9-23-19/h6-9,13-15H,10-12H2,1-5H3. The van der Waals surface area contributed by atoms with Gasteiger partial charge in [-0.05, 0) is 48.3 Å². The third kappa shape index (κ3) is 5.18. The van der Waals surface area contributed by atoms with Gasteiger partial charge in [0.1, 0.15) is 5.82 Å². The van der Waals surface area contributed by atoms with Crippen molar-refractivity contribution in [3.8, 4) is 11.5 Å². The molecule has 2 aromatic rings. The van der Waals surface area contributed by atoms with Crippen LogP contribution in [0.4, 0.5) is 4.39 Å². The molecule has 25 heavy (non-hydrogen) atoms. The largest absolute Gasteiger partial charge is 0.493 e. The lowest BCUT2D eigenvalue weighted by atomic mass is 9.94. The average molecular weight is 345 g/mol. The first kappa shape index (κ1) is 19.2. The Balaban J connectivity index is 2.08. The van der Waals surface area contributed by atoms with Crippen molar-refractivity contribution in [2.75, 3.05) is 14.2 Å². The van der Waals surface area contributed by atoms with Crippen LogP contribution < -0.4 is 9.47 Å². The van der Waals surface area contributed by atoms with Gasteiger partial charge in [0.2, 0.25) is 0 Å². The van der Waals surface area contributed by atoms with E-state index in [1.54, 1.807) is 32.5 Å². The smallest absolute Gasteiger partial charge is 0.182 e. The van der Waals surface area contributed by atoms with E-state index in [9.17, 15) is 4.39 Å². The lowest BCUT2D eigenvalue weighted by Gasteiger charge is -2.16. The summed E-state index contributed by atoms with van der Waals surface area (Å²) in [5.74, 6) is 2.02. The van der Waals surface area contributed by atoms with Crippen LogP contribution in [0.25, 0.3) is 0 Å². The number of methoxy groups -OCH3 is 2. The number of rotatable bonds is 8. The molecule has 0 aliphatic rings. The van der Waals surface area contributed by atoms with Crippen LogP contribution in [0.5, 0.6) is 11.5 Å². The molecule has 0 aliphatic carbocycles. The van der Waals surface area contributed by atoms with Crippen molar-refractivity contribution >= 4 is 0 Å². The third-order valence-electron chi connectivity index (χ3n) is 4.24.